The summed E-state index contributed by atoms with van der Waals surface area (Å²) in [5.41, 5.74) is -3.99. The van der Waals surface area contributed by atoms with Gasteiger partial charge >= 0.3 is 17.9 Å². The second-order valence-corrected chi connectivity index (χ2v) is 9.79. The van der Waals surface area contributed by atoms with Gasteiger partial charge in [0, 0.05) is 11.1 Å². The molecule has 0 aliphatic carbocycles. The Balaban J connectivity index is 1.57. The van der Waals surface area contributed by atoms with Gasteiger partial charge in [-0.2, -0.15) is 0 Å². The van der Waals surface area contributed by atoms with E-state index in [-0.39, 0.29) is 0 Å². The van der Waals surface area contributed by atoms with Crippen molar-refractivity contribution in [2.45, 2.75) is 30.7 Å². The van der Waals surface area contributed by atoms with Gasteiger partial charge in [0.25, 0.3) is 0 Å². The Bertz CT molecular complexity index is 1730. The fourth-order valence-electron chi connectivity index (χ4n) is 4.72. The number of phenolic OH excluding ortho intramolecular Hbond substituents is 9. The Kier molecular flexibility index (Phi) is 7.49. The quantitative estimate of drug-likeness (QED) is 0.0979. The van der Waals surface area contributed by atoms with Gasteiger partial charge in [-0.3, -0.25) is 0 Å². The summed E-state index contributed by atoms with van der Waals surface area (Å²) >= 11 is 0. The molecule has 11 N–H and O–H groups in total. The molecule has 18 heteroatoms. The van der Waals surface area contributed by atoms with Crippen LogP contribution in [-0.2, 0) is 18.9 Å². The Morgan fingerprint density at radius 3 is 1.69 bits per heavy atom. The van der Waals surface area contributed by atoms with E-state index in [2.05, 4.69) is 0 Å². The molecule has 2 heterocycles. The molecule has 1 saturated heterocycles. The molecule has 0 amide bonds. The number of carbonyl (C=O) groups excluding carboxylic acids is 3. The summed E-state index contributed by atoms with van der Waals surface area (Å²) in [5.74, 6) is -14.3. The number of cyclic esters (lactones) is 1. The molecule has 1 fully saturated rings. The number of carbonyl (C=O) groups is 3. The van der Waals surface area contributed by atoms with Crippen LogP contribution >= 0.6 is 0 Å². The highest BCUT2D eigenvalue weighted by Gasteiger charge is 2.50. The van der Waals surface area contributed by atoms with Crippen LogP contribution in [0.2, 0.25) is 0 Å². The van der Waals surface area contributed by atoms with Crippen LogP contribution in [0.1, 0.15) is 31.1 Å². The van der Waals surface area contributed by atoms with E-state index < -0.39 is 135 Å². The van der Waals surface area contributed by atoms with Crippen molar-refractivity contribution in [2.24, 2.45) is 0 Å². The van der Waals surface area contributed by atoms with Gasteiger partial charge in [0.15, 0.2) is 46.4 Å². The first-order chi connectivity index (χ1) is 21.1. The number of aliphatic hydroxyl groups is 2. The average Bonchev–Trinajstić information content (AvgIpc) is 3.01. The van der Waals surface area contributed by atoms with Gasteiger partial charge in [0.1, 0.15) is 24.9 Å². The first-order valence-corrected chi connectivity index (χ1v) is 12.5. The maximum absolute atomic E-state index is 13.4. The molecule has 18 nitrogen and oxygen atoms in total. The monoisotopic (exact) mass is 634 g/mol. The molecule has 5 rings (SSSR count). The Labute approximate surface area is 248 Å². The molecule has 0 aromatic heterocycles. The fraction of sp³-hybridized carbons (Fsp3) is 0.222. The zero-order valence-corrected chi connectivity index (χ0v) is 22.2. The zero-order valence-electron chi connectivity index (χ0n) is 22.2. The molecule has 3 aromatic rings. The number of fused-ring (bicyclic) bond motifs is 4. The third-order valence-corrected chi connectivity index (χ3v) is 6.99. The molecule has 0 bridgehead atoms. The van der Waals surface area contributed by atoms with Crippen LogP contribution < -0.4 is 0 Å². The molecule has 238 valence electrons. The Morgan fingerprint density at radius 1 is 0.667 bits per heavy atom. The number of hydrogen-bond acceptors (Lipinski definition) is 18. The number of ether oxygens (including phenoxy) is 4. The van der Waals surface area contributed by atoms with Crippen LogP contribution in [-0.4, -0.2) is 111 Å². The van der Waals surface area contributed by atoms with E-state index in [1.165, 1.54) is 0 Å². The van der Waals surface area contributed by atoms with Gasteiger partial charge in [-0.15, -0.1) is 0 Å². The number of rotatable bonds is 2. The Morgan fingerprint density at radius 2 is 1.16 bits per heavy atom. The predicted octanol–water partition coefficient (Wildman–Crippen LogP) is -0.297. The van der Waals surface area contributed by atoms with Gasteiger partial charge in [-0.05, 0) is 24.3 Å². The van der Waals surface area contributed by atoms with Crippen molar-refractivity contribution in [1.29, 1.82) is 0 Å². The van der Waals surface area contributed by atoms with Crippen molar-refractivity contribution in [2.75, 3.05) is 6.61 Å². The van der Waals surface area contributed by atoms with E-state index in [1.807, 2.05) is 0 Å². The van der Waals surface area contributed by atoms with Crippen LogP contribution in [0.3, 0.4) is 0 Å². The minimum Gasteiger partial charge on any atom is -0.504 e. The van der Waals surface area contributed by atoms with E-state index in [0.717, 1.165) is 0 Å². The summed E-state index contributed by atoms with van der Waals surface area (Å²) < 4.78 is 20.9. The highest BCUT2D eigenvalue weighted by Crippen LogP contribution is 2.53. The van der Waals surface area contributed by atoms with E-state index in [4.69, 9.17) is 18.9 Å². The lowest BCUT2D eigenvalue weighted by Gasteiger charge is -2.41. The summed E-state index contributed by atoms with van der Waals surface area (Å²) in [7, 11) is 0. The normalized spacial score (nSPS) is 22.9. The summed E-state index contributed by atoms with van der Waals surface area (Å²) in [6.45, 7) is -0.948. The van der Waals surface area contributed by atoms with Crippen LogP contribution in [0.15, 0.2) is 24.3 Å². The smallest absolute Gasteiger partial charge is 0.340 e. The van der Waals surface area contributed by atoms with Crippen LogP contribution in [0, 0.1) is 0 Å². The third kappa shape index (κ3) is 5.07. The maximum atomic E-state index is 13.4. The number of aromatic hydroxyl groups is 9. The van der Waals surface area contributed by atoms with E-state index in [9.17, 15) is 70.6 Å². The standard InChI is InChI=1S/C27H22O18/c28-9-1-6(2-10(29)16(9)32)24(39)45-27-22(38)21(37)23-13(43-27)5-42-25(40)7-3-11(30)17(33)19(35)14(7)15-8(26(41)44-23)4-12(31)18(34)20(15)36/h1-4,13,21-23,27-38H,5H2/t13-,21-,22-,23+,27-/m1/s1. The number of phenols is 9. The van der Waals surface area contributed by atoms with Crippen molar-refractivity contribution < 1.29 is 89.5 Å². The number of hydrogen-bond donors (Lipinski definition) is 11. The SMILES string of the molecule is O=C(O[C@H]1O[C@@H]2COC(=O)c3cc(O)c(O)c(O)c3-c3c(cc(O)c(O)c3O)C(=O)O[C@@H]2[C@H](O)[C@H]1O)c1cc(O)c(O)c(O)c1. The minimum atomic E-state index is -2.18. The first-order valence-electron chi connectivity index (χ1n) is 12.5. The first kappa shape index (κ1) is 30.6. The third-order valence-electron chi connectivity index (χ3n) is 6.99. The molecular formula is C27H22O18. The second-order valence-electron chi connectivity index (χ2n) is 9.79. The molecule has 45 heavy (non-hydrogen) atoms. The van der Waals surface area contributed by atoms with Crippen molar-refractivity contribution in [3.8, 4) is 62.9 Å². The van der Waals surface area contributed by atoms with Crippen molar-refractivity contribution in [3.05, 3.63) is 41.0 Å². The molecular weight excluding hydrogens is 612 g/mol. The average molecular weight is 634 g/mol. The van der Waals surface area contributed by atoms with Gasteiger partial charge in [0.05, 0.1) is 16.7 Å². The molecule has 0 unspecified atom stereocenters. The highest BCUT2D eigenvalue weighted by atomic mass is 16.7. The fourth-order valence-corrected chi connectivity index (χ4v) is 4.72. The molecule has 0 radical (unpaired) electrons. The molecule has 0 spiro atoms. The van der Waals surface area contributed by atoms with Gasteiger partial charge in [-0.1, -0.05) is 0 Å². The zero-order chi connectivity index (χ0) is 33.1. The summed E-state index contributed by atoms with van der Waals surface area (Å²) in [4.78, 5) is 39.3. The lowest BCUT2D eigenvalue weighted by atomic mass is 9.92. The van der Waals surface area contributed by atoms with E-state index in [1.54, 1.807) is 0 Å². The highest BCUT2D eigenvalue weighted by molar-refractivity contribution is 6.08. The van der Waals surface area contributed by atoms with Gasteiger partial charge in [0.2, 0.25) is 17.8 Å². The van der Waals surface area contributed by atoms with Gasteiger partial charge in [-0.25, -0.2) is 14.4 Å². The van der Waals surface area contributed by atoms with E-state index >= 15 is 0 Å². The Hall–Kier alpha value is -5.85. The van der Waals surface area contributed by atoms with Gasteiger partial charge < -0.3 is 75.1 Å². The van der Waals surface area contributed by atoms with Crippen LogP contribution in [0.5, 0.6) is 51.7 Å². The summed E-state index contributed by atoms with van der Waals surface area (Å²) in [5, 5.41) is 112. The molecule has 2 aliphatic heterocycles. The lowest BCUT2D eigenvalue weighted by molar-refractivity contribution is -0.284. The topological polar surface area (TPSA) is 311 Å². The lowest BCUT2D eigenvalue weighted by Crippen LogP contribution is -2.61. The molecule has 3 aromatic carbocycles. The maximum Gasteiger partial charge on any atom is 0.340 e. The molecule has 5 atom stereocenters. The second kappa shape index (κ2) is 11.0. The van der Waals surface area contributed by atoms with Crippen LogP contribution in [0.25, 0.3) is 11.1 Å². The van der Waals surface area contributed by atoms with Crippen molar-refractivity contribution >= 4 is 17.9 Å². The van der Waals surface area contributed by atoms with Crippen molar-refractivity contribution in [3.63, 3.8) is 0 Å². The number of esters is 3. The van der Waals surface area contributed by atoms with Crippen molar-refractivity contribution in [1.82, 2.24) is 0 Å². The largest absolute Gasteiger partial charge is 0.504 e. The molecule has 2 aliphatic rings. The van der Waals surface area contributed by atoms with Crippen LogP contribution in [0.4, 0.5) is 0 Å². The summed E-state index contributed by atoms with van der Waals surface area (Å²) in [6, 6.07) is 2.51. The molecule has 0 saturated carbocycles. The van der Waals surface area contributed by atoms with E-state index in [0.29, 0.717) is 24.3 Å². The predicted molar refractivity (Wildman–Crippen MR) is 139 cm³/mol. The number of aliphatic hydroxyl groups excluding tert-OH is 2. The summed E-state index contributed by atoms with van der Waals surface area (Å²) in [6.07, 6.45) is -10.1. The minimum absolute atomic E-state index is 0.539. The number of benzene rings is 3.